The number of benzene rings is 1. The predicted molar refractivity (Wildman–Crippen MR) is 47.5 cm³/mol. The molecule has 0 heterocycles. The monoisotopic (exact) mass is 223 g/mol. The molecule has 0 bridgehead atoms. The van der Waals surface area contributed by atoms with E-state index in [1.807, 2.05) is 0 Å². The van der Waals surface area contributed by atoms with Crippen LogP contribution < -0.4 is 10.1 Å². The van der Waals surface area contributed by atoms with Gasteiger partial charge in [0.1, 0.15) is 0 Å². The van der Waals surface area contributed by atoms with Crippen molar-refractivity contribution >= 4 is 5.69 Å². The molecular formula is C9H9F4NO. The van der Waals surface area contributed by atoms with Crippen LogP contribution in [-0.4, -0.2) is 14.2 Å². The number of halogens is 4. The molecule has 0 aromatic heterocycles. The Bertz CT molecular complexity index is 337. The molecule has 0 spiro atoms. The van der Waals surface area contributed by atoms with Crippen LogP contribution in [-0.2, 0) is 6.18 Å². The number of anilines is 1. The van der Waals surface area contributed by atoms with Crippen LogP contribution in [0.3, 0.4) is 0 Å². The molecule has 15 heavy (non-hydrogen) atoms. The standard InChI is InChI=1S/C9H9F4NO/c1-14-6-3-5(9(11,12)13)4-7(15-2)8(6)10/h3-4,14H,1-2H3. The maximum absolute atomic E-state index is 13.3. The summed E-state index contributed by atoms with van der Waals surface area (Å²) >= 11 is 0. The molecule has 0 saturated heterocycles. The van der Waals surface area contributed by atoms with Crippen LogP contribution in [0.2, 0.25) is 0 Å². The van der Waals surface area contributed by atoms with Gasteiger partial charge >= 0.3 is 6.18 Å². The minimum atomic E-state index is -4.52. The van der Waals surface area contributed by atoms with Crippen molar-refractivity contribution in [1.29, 1.82) is 0 Å². The number of hydrogen-bond donors (Lipinski definition) is 1. The Morgan fingerprint density at radius 1 is 1.27 bits per heavy atom. The topological polar surface area (TPSA) is 21.3 Å². The zero-order chi connectivity index (χ0) is 11.6. The van der Waals surface area contributed by atoms with E-state index in [2.05, 4.69) is 10.1 Å². The smallest absolute Gasteiger partial charge is 0.416 e. The zero-order valence-corrected chi connectivity index (χ0v) is 8.07. The summed E-state index contributed by atoms with van der Waals surface area (Å²) in [5.74, 6) is -1.28. The highest BCUT2D eigenvalue weighted by atomic mass is 19.4. The summed E-state index contributed by atoms with van der Waals surface area (Å²) in [5, 5.41) is 2.33. The van der Waals surface area contributed by atoms with Gasteiger partial charge in [-0.1, -0.05) is 0 Å². The van der Waals surface area contributed by atoms with Crippen molar-refractivity contribution in [3.8, 4) is 5.75 Å². The van der Waals surface area contributed by atoms with E-state index >= 15 is 0 Å². The first-order chi connectivity index (χ1) is 6.90. The SMILES string of the molecule is CNc1cc(C(F)(F)F)cc(OC)c1F. The molecule has 1 N–H and O–H groups in total. The lowest BCUT2D eigenvalue weighted by Gasteiger charge is -2.12. The van der Waals surface area contributed by atoms with Crippen molar-refractivity contribution in [3.63, 3.8) is 0 Å². The van der Waals surface area contributed by atoms with E-state index in [9.17, 15) is 17.6 Å². The molecule has 0 saturated carbocycles. The third kappa shape index (κ3) is 2.31. The Kier molecular flexibility index (Phi) is 3.06. The molecule has 0 aliphatic heterocycles. The quantitative estimate of drug-likeness (QED) is 0.778. The fraction of sp³-hybridized carbons (Fsp3) is 0.333. The van der Waals surface area contributed by atoms with Gasteiger partial charge in [-0.05, 0) is 12.1 Å². The largest absolute Gasteiger partial charge is 0.494 e. The summed E-state index contributed by atoms with van der Waals surface area (Å²) < 4.78 is 54.8. The highest BCUT2D eigenvalue weighted by Gasteiger charge is 2.32. The van der Waals surface area contributed by atoms with Crippen LogP contribution >= 0.6 is 0 Å². The number of hydrogen-bond acceptors (Lipinski definition) is 2. The first-order valence-electron chi connectivity index (χ1n) is 4.02. The fourth-order valence-corrected chi connectivity index (χ4v) is 1.09. The number of rotatable bonds is 2. The van der Waals surface area contributed by atoms with E-state index in [-0.39, 0.29) is 5.69 Å². The van der Waals surface area contributed by atoms with E-state index in [0.717, 1.165) is 7.11 Å². The van der Waals surface area contributed by atoms with Gasteiger partial charge in [0.25, 0.3) is 0 Å². The molecule has 0 radical (unpaired) electrons. The normalized spacial score (nSPS) is 11.3. The van der Waals surface area contributed by atoms with Gasteiger partial charge in [0.05, 0.1) is 18.4 Å². The van der Waals surface area contributed by atoms with Crippen LogP contribution in [0.4, 0.5) is 23.2 Å². The minimum Gasteiger partial charge on any atom is -0.494 e. The third-order valence-corrected chi connectivity index (χ3v) is 1.86. The van der Waals surface area contributed by atoms with E-state index in [4.69, 9.17) is 0 Å². The Morgan fingerprint density at radius 3 is 2.27 bits per heavy atom. The molecular weight excluding hydrogens is 214 g/mol. The highest BCUT2D eigenvalue weighted by Crippen LogP contribution is 2.36. The second-order valence-corrected chi connectivity index (χ2v) is 2.79. The van der Waals surface area contributed by atoms with E-state index in [1.165, 1.54) is 7.05 Å². The predicted octanol–water partition coefficient (Wildman–Crippen LogP) is 2.89. The number of nitrogens with one attached hydrogen (secondary N) is 1. The fourth-order valence-electron chi connectivity index (χ4n) is 1.09. The van der Waals surface area contributed by atoms with Crippen molar-refractivity contribution < 1.29 is 22.3 Å². The van der Waals surface area contributed by atoms with Crippen LogP contribution in [0.15, 0.2) is 12.1 Å². The molecule has 0 atom stereocenters. The second-order valence-electron chi connectivity index (χ2n) is 2.79. The molecule has 0 aliphatic rings. The van der Waals surface area contributed by atoms with Gasteiger partial charge in [-0.25, -0.2) is 4.39 Å². The lowest BCUT2D eigenvalue weighted by Crippen LogP contribution is -2.07. The van der Waals surface area contributed by atoms with Crippen LogP contribution in [0, 0.1) is 5.82 Å². The summed E-state index contributed by atoms with van der Waals surface area (Å²) in [5.41, 5.74) is -1.20. The van der Waals surface area contributed by atoms with Crippen molar-refractivity contribution in [2.24, 2.45) is 0 Å². The summed E-state index contributed by atoms with van der Waals surface area (Å²) in [6, 6.07) is 1.31. The molecule has 0 unspecified atom stereocenters. The third-order valence-electron chi connectivity index (χ3n) is 1.86. The van der Waals surface area contributed by atoms with E-state index in [0.29, 0.717) is 12.1 Å². The van der Waals surface area contributed by atoms with Crippen molar-refractivity contribution in [3.05, 3.63) is 23.5 Å². The number of ether oxygens (including phenoxy) is 1. The average molecular weight is 223 g/mol. The molecule has 1 rings (SSSR count). The Morgan fingerprint density at radius 2 is 1.87 bits per heavy atom. The molecule has 2 nitrogen and oxygen atoms in total. The molecule has 84 valence electrons. The van der Waals surface area contributed by atoms with Gasteiger partial charge in [-0.3, -0.25) is 0 Å². The molecule has 0 fully saturated rings. The molecule has 0 amide bonds. The van der Waals surface area contributed by atoms with Gasteiger partial charge in [0, 0.05) is 7.05 Å². The van der Waals surface area contributed by atoms with Crippen LogP contribution in [0.1, 0.15) is 5.56 Å². The van der Waals surface area contributed by atoms with E-state index < -0.39 is 23.3 Å². The van der Waals surface area contributed by atoms with Crippen molar-refractivity contribution in [2.75, 3.05) is 19.5 Å². The Balaban J connectivity index is 3.33. The first kappa shape index (κ1) is 11.6. The Labute approximate surface area is 83.9 Å². The van der Waals surface area contributed by atoms with Crippen LogP contribution in [0.5, 0.6) is 5.75 Å². The van der Waals surface area contributed by atoms with Gasteiger partial charge in [-0.2, -0.15) is 13.2 Å². The Hall–Kier alpha value is -1.46. The second kappa shape index (κ2) is 3.96. The van der Waals surface area contributed by atoms with Crippen molar-refractivity contribution in [2.45, 2.75) is 6.18 Å². The average Bonchev–Trinajstić information content (AvgIpc) is 2.16. The molecule has 0 aliphatic carbocycles. The summed E-state index contributed by atoms with van der Waals surface area (Å²) in [6.07, 6.45) is -4.52. The maximum atomic E-state index is 13.3. The first-order valence-corrected chi connectivity index (χ1v) is 4.02. The van der Waals surface area contributed by atoms with E-state index in [1.54, 1.807) is 0 Å². The van der Waals surface area contributed by atoms with Gasteiger partial charge < -0.3 is 10.1 Å². The number of methoxy groups -OCH3 is 1. The summed E-state index contributed by atoms with van der Waals surface area (Å²) in [7, 11) is 2.44. The number of alkyl halides is 3. The molecule has 1 aromatic rings. The minimum absolute atomic E-state index is 0.248. The summed E-state index contributed by atoms with van der Waals surface area (Å²) in [6.45, 7) is 0. The maximum Gasteiger partial charge on any atom is 0.416 e. The molecule has 1 aromatic carbocycles. The van der Waals surface area contributed by atoms with Gasteiger partial charge in [0.15, 0.2) is 11.6 Å². The molecule has 6 heteroatoms. The zero-order valence-electron chi connectivity index (χ0n) is 8.07. The van der Waals surface area contributed by atoms with Gasteiger partial charge in [0.2, 0.25) is 0 Å². The van der Waals surface area contributed by atoms with Gasteiger partial charge in [-0.15, -0.1) is 0 Å². The van der Waals surface area contributed by atoms with Crippen LogP contribution in [0.25, 0.3) is 0 Å². The van der Waals surface area contributed by atoms with Crippen molar-refractivity contribution in [1.82, 2.24) is 0 Å². The lowest BCUT2D eigenvalue weighted by molar-refractivity contribution is -0.137. The summed E-state index contributed by atoms with van der Waals surface area (Å²) in [4.78, 5) is 0. The highest BCUT2D eigenvalue weighted by molar-refractivity contribution is 5.53. The lowest BCUT2D eigenvalue weighted by atomic mass is 10.1.